The third-order valence-electron chi connectivity index (χ3n) is 4.84. The van der Waals surface area contributed by atoms with Crippen molar-refractivity contribution in [2.45, 2.75) is 20.5 Å². The maximum absolute atomic E-state index is 12.1. The van der Waals surface area contributed by atoms with Gasteiger partial charge in [-0.15, -0.1) is 0 Å². The van der Waals surface area contributed by atoms with Crippen LogP contribution in [0.1, 0.15) is 27.2 Å². The van der Waals surface area contributed by atoms with Gasteiger partial charge in [0, 0.05) is 23.0 Å². The minimum absolute atomic E-state index is 0.324. The smallest absolute Gasteiger partial charge is 0.250 e. The van der Waals surface area contributed by atoms with Gasteiger partial charge in [0.15, 0.2) is 11.5 Å². The fourth-order valence-corrected chi connectivity index (χ4v) is 3.21. The summed E-state index contributed by atoms with van der Waals surface area (Å²) in [6.07, 6.45) is 1.50. The molecule has 2 N–H and O–H groups in total. The van der Waals surface area contributed by atoms with Crippen molar-refractivity contribution in [1.29, 1.82) is 0 Å². The zero-order valence-electron chi connectivity index (χ0n) is 17.0. The zero-order valence-corrected chi connectivity index (χ0v) is 17.0. The van der Waals surface area contributed by atoms with Gasteiger partial charge in [-0.05, 0) is 37.1 Å². The normalized spacial score (nSPS) is 10.5. The van der Waals surface area contributed by atoms with E-state index in [9.17, 15) is 4.79 Å². The first-order valence-corrected chi connectivity index (χ1v) is 9.16. The molecule has 0 atom stereocenters. The second kappa shape index (κ2) is 8.65. The molecule has 0 spiro atoms. The minimum atomic E-state index is -0.556. The first kappa shape index (κ1) is 20.2. The summed E-state index contributed by atoms with van der Waals surface area (Å²) in [6.45, 7) is 4.11. The lowest BCUT2D eigenvalue weighted by atomic mass is 9.94. The number of methoxy groups -OCH3 is 2. The molecule has 0 fully saturated rings. The summed E-state index contributed by atoms with van der Waals surface area (Å²) >= 11 is 0. The molecule has 0 aliphatic carbocycles. The largest absolute Gasteiger partial charge is 0.493 e. The van der Waals surface area contributed by atoms with Crippen LogP contribution < -0.4 is 19.9 Å². The van der Waals surface area contributed by atoms with Gasteiger partial charge in [-0.25, -0.2) is 0 Å². The minimum Gasteiger partial charge on any atom is -0.493 e. The molecule has 0 aliphatic heterocycles. The van der Waals surface area contributed by atoms with Crippen molar-refractivity contribution < 1.29 is 19.0 Å². The van der Waals surface area contributed by atoms with E-state index in [0.29, 0.717) is 40.5 Å². The van der Waals surface area contributed by atoms with Crippen molar-refractivity contribution >= 4 is 5.91 Å². The third kappa shape index (κ3) is 4.01. The Balaban J connectivity index is 2.22. The first-order chi connectivity index (χ1) is 14.0. The lowest BCUT2D eigenvalue weighted by Crippen LogP contribution is -2.15. The lowest BCUT2D eigenvalue weighted by Gasteiger charge is -2.20. The second-order valence-corrected chi connectivity index (χ2v) is 6.57. The number of rotatable bonds is 7. The van der Waals surface area contributed by atoms with Crippen LogP contribution in [0.15, 0.2) is 48.7 Å². The quantitative estimate of drug-likeness (QED) is 0.655. The molecule has 0 radical (unpaired) electrons. The van der Waals surface area contributed by atoms with Gasteiger partial charge >= 0.3 is 0 Å². The van der Waals surface area contributed by atoms with Crippen LogP contribution in [0.3, 0.4) is 0 Å². The number of ether oxygens (including phenoxy) is 3. The predicted octanol–water partition coefficient (Wildman–Crippen LogP) is 4.06. The molecule has 6 nitrogen and oxygen atoms in total. The van der Waals surface area contributed by atoms with E-state index in [1.54, 1.807) is 20.3 Å². The summed E-state index contributed by atoms with van der Waals surface area (Å²) in [5.41, 5.74) is 9.97. The Morgan fingerprint density at radius 3 is 2.34 bits per heavy atom. The number of primary amides is 1. The monoisotopic (exact) mass is 392 g/mol. The number of aromatic nitrogens is 1. The first-order valence-electron chi connectivity index (χ1n) is 9.16. The highest BCUT2D eigenvalue weighted by Crippen LogP contribution is 2.46. The number of nitrogens with zero attached hydrogens (tertiary/aromatic N) is 1. The van der Waals surface area contributed by atoms with Gasteiger partial charge in [0.05, 0.1) is 19.8 Å². The number of carbonyl (C=O) groups excluding carboxylic acids is 1. The highest BCUT2D eigenvalue weighted by atomic mass is 16.5. The number of hydrogen-bond acceptors (Lipinski definition) is 5. The van der Waals surface area contributed by atoms with E-state index < -0.39 is 5.91 Å². The van der Waals surface area contributed by atoms with Crippen LogP contribution in [-0.2, 0) is 6.61 Å². The van der Waals surface area contributed by atoms with Gasteiger partial charge in [0.1, 0.15) is 6.61 Å². The van der Waals surface area contributed by atoms with Crippen LogP contribution in [0.25, 0.3) is 11.1 Å². The van der Waals surface area contributed by atoms with Crippen molar-refractivity contribution in [3.63, 3.8) is 0 Å². The van der Waals surface area contributed by atoms with Gasteiger partial charge in [-0.1, -0.05) is 30.3 Å². The number of hydrogen-bond donors (Lipinski definition) is 1. The Hall–Kier alpha value is -3.54. The summed E-state index contributed by atoms with van der Waals surface area (Å²) in [5, 5.41) is 0. The van der Waals surface area contributed by atoms with Crippen molar-refractivity contribution in [3.05, 3.63) is 71.0 Å². The second-order valence-electron chi connectivity index (χ2n) is 6.57. The molecule has 0 saturated heterocycles. The maximum Gasteiger partial charge on any atom is 0.250 e. The molecule has 3 aromatic rings. The lowest BCUT2D eigenvalue weighted by molar-refractivity contribution is 0.100. The van der Waals surface area contributed by atoms with Gasteiger partial charge in [0.25, 0.3) is 5.91 Å². The Kier molecular flexibility index (Phi) is 6.02. The zero-order chi connectivity index (χ0) is 21.0. The maximum atomic E-state index is 12.1. The average molecular weight is 392 g/mol. The molecule has 0 unspecified atom stereocenters. The summed E-state index contributed by atoms with van der Waals surface area (Å²) in [4.78, 5) is 16.4. The van der Waals surface area contributed by atoms with Crippen molar-refractivity contribution in [1.82, 2.24) is 4.98 Å². The molecular formula is C23H24N2O4. The number of carbonyl (C=O) groups is 1. The van der Waals surface area contributed by atoms with Crippen LogP contribution in [0.2, 0.25) is 0 Å². The van der Waals surface area contributed by atoms with Gasteiger partial charge in [0.2, 0.25) is 5.75 Å². The van der Waals surface area contributed by atoms with E-state index in [-0.39, 0.29) is 0 Å². The molecule has 29 heavy (non-hydrogen) atoms. The summed E-state index contributed by atoms with van der Waals surface area (Å²) < 4.78 is 17.2. The molecule has 1 amide bonds. The SMILES string of the molecule is COc1ccc(-c2c(C(N)=O)cnc(C)c2C)c(OCc2ccccc2)c1OC. The van der Waals surface area contributed by atoms with Crippen LogP contribution in [0, 0.1) is 13.8 Å². The molecule has 0 saturated carbocycles. The average Bonchev–Trinajstić information content (AvgIpc) is 2.73. The number of pyridine rings is 1. The molecule has 1 aromatic heterocycles. The summed E-state index contributed by atoms with van der Waals surface area (Å²) in [7, 11) is 3.12. The van der Waals surface area contributed by atoms with Gasteiger partial charge < -0.3 is 19.9 Å². The molecule has 3 rings (SSSR count). The molecule has 2 aromatic carbocycles. The Labute approximate surface area is 170 Å². The predicted molar refractivity (Wildman–Crippen MR) is 112 cm³/mol. The van der Waals surface area contributed by atoms with Gasteiger partial charge in [-0.3, -0.25) is 9.78 Å². The van der Waals surface area contributed by atoms with Crippen molar-refractivity contribution in [3.8, 4) is 28.4 Å². The fraction of sp³-hybridized carbons (Fsp3) is 0.217. The third-order valence-corrected chi connectivity index (χ3v) is 4.84. The molecule has 1 heterocycles. The van der Waals surface area contributed by atoms with E-state index in [2.05, 4.69) is 4.98 Å². The number of nitrogens with two attached hydrogens (primary N) is 1. The number of amides is 1. The van der Waals surface area contributed by atoms with E-state index in [1.807, 2.05) is 50.2 Å². The van der Waals surface area contributed by atoms with E-state index in [4.69, 9.17) is 19.9 Å². The topological polar surface area (TPSA) is 83.7 Å². The molecule has 150 valence electrons. The van der Waals surface area contributed by atoms with Crippen molar-refractivity contribution in [2.24, 2.45) is 5.73 Å². The Bertz CT molecular complexity index is 1030. The Morgan fingerprint density at radius 2 is 1.72 bits per heavy atom. The van der Waals surface area contributed by atoms with Crippen LogP contribution >= 0.6 is 0 Å². The highest BCUT2D eigenvalue weighted by molar-refractivity contribution is 6.01. The summed E-state index contributed by atoms with van der Waals surface area (Å²) in [6, 6.07) is 13.4. The van der Waals surface area contributed by atoms with E-state index in [0.717, 1.165) is 16.8 Å². The molecular weight excluding hydrogens is 368 g/mol. The highest BCUT2D eigenvalue weighted by Gasteiger charge is 2.23. The summed E-state index contributed by atoms with van der Waals surface area (Å²) in [5.74, 6) is 0.903. The van der Waals surface area contributed by atoms with Crippen LogP contribution in [-0.4, -0.2) is 25.1 Å². The van der Waals surface area contributed by atoms with Gasteiger partial charge in [-0.2, -0.15) is 0 Å². The van der Waals surface area contributed by atoms with Crippen molar-refractivity contribution in [2.75, 3.05) is 14.2 Å². The van der Waals surface area contributed by atoms with Crippen LogP contribution in [0.5, 0.6) is 17.2 Å². The molecule has 6 heteroatoms. The standard InChI is InChI=1S/C23H24N2O4/c1-14-15(2)25-12-18(23(24)26)20(14)17-10-11-19(27-3)22(28-4)21(17)29-13-16-8-6-5-7-9-16/h5-12H,13H2,1-4H3,(H2,24,26). The Morgan fingerprint density at radius 1 is 1.00 bits per heavy atom. The fourth-order valence-electron chi connectivity index (χ4n) is 3.21. The molecule has 0 aliphatic rings. The number of aryl methyl sites for hydroxylation is 1. The van der Waals surface area contributed by atoms with E-state index in [1.165, 1.54) is 6.20 Å². The molecule has 0 bridgehead atoms. The van der Waals surface area contributed by atoms with Crippen LogP contribution in [0.4, 0.5) is 0 Å². The van der Waals surface area contributed by atoms with E-state index >= 15 is 0 Å². The number of benzene rings is 2.